The van der Waals surface area contributed by atoms with Crippen molar-refractivity contribution in [2.75, 3.05) is 19.0 Å². The van der Waals surface area contributed by atoms with Gasteiger partial charge in [-0.2, -0.15) is 0 Å². The summed E-state index contributed by atoms with van der Waals surface area (Å²) < 4.78 is 11.9. The molecule has 3 rings (SSSR count). The predicted octanol–water partition coefficient (Wildman–Crippen LogP) is 4.96. The third kappa shape index (κ3) is 4.74. The number of carbonyl (C=O) groups is 1. The number of ether oxygens (including phenoxy) is 2. The number of nitrogens with zero attached hydrogens (tertiary/aromatic N) is 1. The largest absolute Gasteiger partial charge is 0.494 e. The van der Waals surface area contributed by atoms with Crippen LogP contribution in [0.5, 0.6) is 11.5 Å². The topological polar surface area (TPSA) is 60.5 Å². The Balaban J connectivity index is 0.00000243. The van der Waals surface area contributed by atoms with Gasteiger partial charge in [0.1, 0.15) is 17.0 Å². The van der Waals surface area contributed by atoms with E-state index < -0.39 is 0 Å². The van der Waals surface area contributed by atoms with Crippen molar-refractivity contribution < 1.29 is 14.3 Å². The second kappa shape index (κ2) is 9.00. The number of para-hydroxylation sites is 1. The van der Waals surface area contributed by atoms with Gasteiger partial charge < -0.3 is 14.8 Å². The van der Waals surface area contributed by atoms with Gasteiger partial charge in [-0.25, -0.2) is 4.98 Å². The van der Waals surface area contributed by atoms with Crippen LogP contribution in [-0.4, -0.2) is 30.5 Å². The predicted molar refractivity (Wildman–Crippen MR) is 112 cm³/mol. The van der Waals surface area contributed by atoms with Crippen molar-refractivity contribution in [3.63, 3.8) is 0 Å². The monoisotopic (exact) mass is 436 g/mol. The minimum absolute atomic E-state index is 0. The highest BCUT2D eigenvalue weighted by molar-refractivity contribution is 8.93. The number of anilines is 1. The number of nitrogens with one attached hydrogen (secondary N) is 1. The van der Waals surface area contributed by atoms with Crippen molar-refractivity contribution in [2.24, 2.45) is 0 Å². The number of benzene rings is 2. The molecule has 0 radical (unpaired) electrons. The van der Waals surface area contributed by atoms with Gasteiger partial charge in [0.25, 0.3) is 0 Å². The third-order valence-corrected chi connectivity index (χ3v) is 4.53. The summed E-state index contributed by atoms with van der Waals surface area (Å²) in [6, 6.07) is 13.0. The average molecular weight is 437 g/mol. The Hall–Kier alpha value is -2.12. The van der Waals surface area contributed by atoms with Crippen LogP contribution in [0.3, 0.4) is 0 Å². The van der Waals surface area contributed by atoms with Gasteiger partial charge in [-0.1, -0.05) is 17.4 Å². The molecule has 0 spiro atoms. The molecule has 0 saturated carbocycles. The van der Waals surface area contributed by atoms with E-state index in [1.807, 2.05) is 44.2 Å². The molecular weight excluding hydrogens is 416 g/mol. The molecule has 26 heavy (non-hydrogen) atoms. The highest BCUT2D eigenvalue weighted by Gasteiger charge is 2.11. The molecule has 3 aromatic rings. The molecule has 0 fully saturated rings. The number of fused-ring (bicyclic) bond motifs is 1. The molecular formula is C19H21BrN2O3S. The van der Waals surface area contributed by atoms with Crippen LogP contribution in [0.4, 0.5) is 5.13 Å². The van der Waals surface area contributed by atoms with Gasteiger partial charge >= 0.3 is 0 Å². The number of carbonyl (C=O) groups excluding carboxylic acids is 1. The number of Topliss-reactive ketones (excluding diaryl/α,β-unsaturated/α-hetero) is 1. The van der Waals surface area contributed by atoms with E-state index in [-0.39, 0.29) is 35.4 Å². The van der Waals surface area contributed by atoms with E-state index >= 15 is 0 Å². The number of halogens is 1. The second-order valence-electron chi connectivity index (χ2n) is 5.79. The summed E-state index contributed by atoms with van der Waals surface area (Å²) in [5.74, 6) is 1.49. The van der Waals surface area contributed by atoms with Crippen LogP contribution in [-0.2, 0) is 0 Å². The van der Waals surface area contributed by atoms with Crippen LogP contribution < -0.4 is 14.8 Å². The van der Waals surface area contributed by atoms with Crippen LogP contribution in [0.1, 0.15) is 24.2 Å². The Morgan fingerprint density at radius 2 is 1.92 bits per heavy atom. The molecule has 138 valence electrons. The van der Waals surface area contributed by atoms with E-state index in [1.165, 1.54) is 11.3 Å². The fourth-order valence-electron chi connectivity index (χ4n) is 2.41. The average Bonchev–Trinajstić information content (AvgIpc) is 3.02. The molecule has 1 N–H and O–H groups in total. The summed E-state index contributed by atoms with van der Waals surface area (Å²) in [6.07, 6.45) is 0.110. The molecule has 0 aliphatic carbocycles. The third-order valence-electron chi connectivity index (χ3n) is 3.55. The van der Waals surface area contributed by atoms with Crippen molar-refractivity contribution >= 4 is 49.4 Å². The maximum absolute atomic E-state index is 12.3. The minimum atomic E-state index is 0. The van der Waals surface area contributed by atoms with Crippen LogP contribution >= 0.6 is 28.3 Å². The molecule has 1 aromatic heterocycles. The van der Waals surface area contributed by atoms with Crippen LogP contribution in [0.2, 0.25) is 0 Å². The number of hydrogen-bond acceptors (Lipinski definition) is 6. The maximum Gasteiger partial charge on any atom is 0.184 e. The first-order valence-corrected chi connectivity index (χ1v) is 8.86. The molecule has 0 aliphatic rings. The summed E-state index contributed by atoms with van der Waals surface area (Å²) in [7, 11) is 1.62. The van der Waals surface area contributed by atoms with Gasteiger partial charge in [0.2, 0.25) is 0 Å². The maximum atomic E-state index is 12.3. The standard InChI is InChI=1S/C19H20N2O3S.BrH/c1-12(2)24-14-9-7-13(8-10-14)15(22)11-20-19-21-18-16(23-3)5-4-6-17(18)25-19;/h4-10,12H,11H2,1-3H3,(H,20,21);1H. The molecule has 0 bridgehead atoms. The normalized spacial score (nSPS) is 10.5. The Morgan fingerprint density at radius 1 is 1.19 bits per heavy atom. The number of aromatic nitrogens is 1. The lowest BCUT2D eigenvalue weighted by atomic mass is 10.1. The van der Waals surface area contributed by atoms with E-state index in [0.717, 1.165) is 21.7 Å². The van der Waals surface area contributed by atoms with E-state index in [4.69, 9.17) is 9.47 Å². The lowest BCUT2D eigenvalue weighted by molar-refractivity contribution is 0.101. The molecule has 0 unspecified atom stereocenters. The quantitative estimate of drug-likeness (QED) is 0.530. The summed E-state index contributed by atoms with van der Waals surface area (Å²) in [5.41, 5.74) is 1.45. The molecule has 2 aromatic carbocycles. The SMILES string of the molecule is Br.COc1cccc2sc(NCC(=O)c3ccc(OC(C)C)cc3)nc12. The van der Waals surface area contributed by atoms with Crippen molar-refractivity contribution in [3.05, 3.63) is 48.0 Å². The highest BCUT2D eigenvalue weighted by Crippen LogP contribution is 2.32. The minimum Gasteiger partial charge on any atom is -0.494 e. The van der Waals surface area contributed by atoms with Crippen molar-refractivity contribution in [1.82, 2.24) is 4.98 Å². The molecule has 5 nitrogen and oxygen atoms in total. The van der Waals surface area contributed by atoms with E-state index in [1.54, 1.807) is 19.2 Å². The number of ketones is 1. The lowest BCUT2D eigenvalue weighted by Gasteiger charge is -2.09. The molecule has 0 saturated heterocycles. The number of rotatable bonds is 7. The van der Waals surface area contributed by atoms with Gasteiger partial charge in [0.05, 0.1) is 24.5 Å². The number of hydrogen-bond donors (Lipinski definition) is 1. The zero-order valence-corrected chi connectivity index (χ0v) is 17.3. The summed E-state index contributed by atoms with van der Waals surface area (Å²) >= 11 is 1.50. The van der Waals surface area contributed by atoms with Crippen molar-refractivity contribution in [1.29, 1.82) is 0 Å². The fraction of sp³-hybridized carbons (Fsp3) is 0.263. The van der Waals surface area contributed by atoms with Gasteiger partial charge in [0.15, 0.2) is 10.9 Å². The number of methoxy groups -OCH3 is 1. The highest BCUT2D eigenvalue weighted by atomic mass is 79.9. The van der Waals surface area contributed by atoms with Crippen LogP contribution in [0.25, 0.3) is 10.2 Å². The summed E-state index contributed by atoms with van der Waals surface area (Å²) in [6.45, 7) is 4.12. The molecule has 1 heterocycles. The van der Waals surface area contributed by atoms with E-state index in [0.29, 0.717) is 10.7 Å². The van der Waals surface area contributed by atoms with Crippen molar-refractivity contribution in [2.45, 2.75) is 20.0 Å². The molecule has 7 heteroatoms. The first-order valence-electron chi connectivity index (χ1n) is 8.04. The van der Waals surface area contributed by atoms with Crippen LogP contribution in [0, 0.1) is 0 Å². The summed E-state index contributed by atoms with van der Waals surface area (Å²) in [5, 5.41) is 3.80. The fourth-order valence-corrected chi connectivity index (χ4v) is 3.29. The summed E-state index contributed by atoms with van der Waals surface area (Å²) in [4.78, 5) is 16.8. The molecule has 0 aliphatic heterocycles. The van der Waals surface area contributed by atoms with Crippen LogP contribution in [0.15, 0.2) is 42.5 Å². The van der Waals surface area contributed by atoms with Gasteiger partial charge in [0, 0.05) is 5.56 Å². The Bertz CT molecular complexity index is 878. The second-order valence-corrected chi connectivity index (χ2v) is 6.82. The zero-order chi connectivity index (χ0) is 17.8. The van der Waals surface area contributed by atoms with E-state index in [9.17, 15) is 4.79 Å². The molecule has 0 amide bonds. The molecule has 0 atom stereocenters. The lowest BCUT2D eigenvalue weighted by Crippen LogP contribution is -2.14. The Kier molecular flexibility index (Phi) is 6.99. The van der Waals surface area contributed by atoms with Gasteiger partial charge in [-0.3, -0.25) is 4.79 Å². The smallest absolute Gasteiger partial charge is 0.184 e. The zero-order valence-electron chi connectivity index (χ0n) is 14.8. The van der Waals surface area contributed by atoms with Crippen molar-refractivity contribution in [3.8, 4) is 11.5 Å². The van der Waals surface area contributed by atoms with Gasteiger partial charge in [-0.15, -0.1) is 17.0 Å². The number of thiazole rings is 1. The van der Waals surface area contributed by atoms with Gasteiger partial charge in [-0.05, 0) is 50.2 Å². The Morgan fingerprint density at radius 3 is 2.58 bits per heavy atom. The van der Waals surface area contributed by atoms with E-state index in [2.05, 4.69) is 10.3 Å². The first kappa shape index (κ1) is 20.2. The Labute approximate surface area is 167 Å². The first-order chi connectivity index (χ1) is 12.1.